The van der Waals surface area contributed by atoms with Crippen molar-refractivity contribution >= 4 is 22.2 Å². The van der Waals surface area contributed by atoms with Crippen molar-refractivity contribution in [1.82, 2.24) is 4.98 Å². The lowest BCUT2D eigenvalue weighted by molar-refractivity contribution is 0.896. The summed E-state index contributed by atoms with van der Waals surface area (Å²) in [6.45, 7) is 13.5. The third kappa shape index (κ3) is 3.62. The summed E-state index contributed by atoms with van der Waals surface area (Å²) in [5, 5.41) is 6.12. The van der Waals surface area contributed by atoms with Gasteiger partial charge in [0, 0.05) is 17.1 Å². The lowest BCUT2D eigenvalue weighted by Gasteiger charge is -2.04. The van der Waals surface area contributed by atoms with Crippen LogP contribution in [0, 0.1) is 0 Å². The fourth-order valence-corrected chi connectivity index (χ4v) is 1.97. The van der Waals surface area contributed by atoms with E-state index >= 15 is 0 Å². The fraction of sp³-hybridized carbons (Fsp3) is 0.333. The van der Waals surface area contributed by atoms with E-state index in [1.54, 1.807) is 17.4 Å². The SMILES string of the molecule is C=C/C(=N\C(=C)C)c1csc(NC(C)C)n1. The van der Waals surface area contributed by atoms with Gasteiger partial charge in [-0.15, -0.1) is 11.3 Å². The predicted molar refractivity (Wildman–Crippen MR) is 72.4 cm³/mol. The molecular formula is C12H17N3S. The molecule has 0 radical (unpaired) electrons. The van der Waals surface area contributed by atoms with Crippen LogP contribution in [0.4, 0.5) is 5.13 Å². The van der Waals surface area contributed by atoms with E-state index in [4.69, 9.17) is 0 Å². The smallest absolute Gasteiger partial charge is 0.183 e. The highest BCUT2D eigenvalue weighted by Crippen LogP contribution is 2.17. The number of anilines is 1. The van der Waals surface area contributed by atoms with Crippen LogP contribution in [0.3, 0.4) is 0 Å². The van der Waals surface area contributed by atoms with Gasteiger partial charge in [0.1, 0.15) is 5.69 Å². The maximum absolute atomic E-state index is 4.44. The molecule has 1 N–H and O–H groups in total. The highest BCUT2D eigenvalue weighted by molar-refractivity contribution is 7.13. The zero-order valence-corrected chi connectivity index (χ0v) is 10.8. The number of aromatic nitrogens is 1. The summed E-state index contributed by atoms with van der Waals surface area (Å²) in [5.74, 6) is 0. The van der Waals surface area contributed by atoms with Gasteiger partial charge in [-0.2, -0.15) is 0 Å². The maximum atomic E-state index is 4.44. The van der Waals surface area contributed by atoms with Crippen molar-refractivity contribution in [2.45, 2.75) is 26.8 Å². The minimum absolute atomic E-state index is 0.379. The molecule has 1 aromatic heterocycles. The first-order valence-electron chi connectivity index (χ1n) is 5.12. The molecule has 1 rings (SSSR count). The standard InChI is InChI=1S/C12H17N3S/c1-6-10(13-8(2)3)11-7-16-12(15-11)14-9(4)5/h6-7,9H,1-2H2,3-5H3,(H,14,15)/b13-10+. The molecule has 0 aliphatic carbocycles. The van der Waals surface area contributed by atoms with Gasteiger partial charge in [-0.25, -0.2) is 4.98 Å². The zero-order valence-electron chi connectivity index (χ0n) is 9.95. The lowest BCUT2D eigenvalue weighted by atomic mass is 10.3. The van der Waals surface area contributed by atoms with Crippen LogP contribution in [0.2, 0.25) is 0 Å². The molecule has 4 heteroatoms. The average molecular weight is 235 g/mol. The summed E-state index contributed by atoms with van der Waals surface area (Å²) in [6.07, 6.45) is 1.70. The first-order chi connectivity index (χ1) is 7.52. The number of allylic oxidation sites excluding steroid dienone is 2. The zero-order chi connectivity index (χ0) is 12.1. The van der Waals surface area contributed by atoms with Crippen LogP contribution in [0.1, 0.15) is 26.5 Å². The number of nitrogens with zero attached hydrogens (tertiary/aromatic N) is 2. The second-order valence-corrected chi connectivity index (χ2v) is 4.63. The quantitative estimate of drug-likeness (QED) is 0.793. The van der Waals surface area contributed by atoms with Crippen LogP contribution in [0.25, 0.3) is 0 Å². The summed E-state index contributed by atoms with van der Waals surface area (Å²) in [6, 6.07) is 0.379. The Morgan fingerprint density at radius 2 is 2.31 bits per heavy atom. The molecule has 1 aromatic rings. The van der Waals surface area contributed by atoms with Gasteiger partial charge in [0.25, 0.3) is 0 Å². The Labute approximate surface area is 101 Å². The van der Waals surface area contributed by atoms with Crippen LogP contribution < -0.4 is 5.32 Å². The van der Waals surface area contributed by atoms with Gasteiger partial charge < -0.3 is 5.32 Å². The maximum Gasteiger partial charge on any atom is 0.183 e. The van der Waals surface area contributed by atoms with E-state index in [9.17, 15) is 0 Å². The highest BCUT2D eigenvalue weighted by atomic mass is 32.1. The molecule has 0 aliphatic heterocycles. The monoisotopic (exact) mass is 235 g/mol. The summed E-state index contributed by atoms with van der Waals surface area (Å²) < 4.78 is 0. The summed E-state index contributed by atoms with van der Waals surface area (Å²) >= 11 is 1.57. The average Bonchev–Trinajstić information content (AvgIpc) is 2.61. The van der Waals surface area contributed by atoms with Gasteiger partial charge in [0.05, 0.1) is 5.71 Å². The summed E-state index contributed by atoms with van der Waals surface area (Å²) in [4.78, 5) is 8.72. The Bertz CT molecular complexity index is 416. The lowest BCUT2D eigenvalue weighted by Crippen LogP contribution is -2.09. The normalized spacial score (nSPS) is 11.6. The molecule has 0 fully saturated rings. The van der Waals surface area contributed by atoms with Gasteiger partial charge in [-0.3, -0.25) is 4.99 Å². The van der Waals surface area contributed by atoms with Crippen LogP contribution in [-0.4, -0.2) is 16.7 Å². The molecule has 0 saturated carbocycles. The van der Waals surface area contributed by atoms with Crippen molar-refractivity contribution in [1.29, 1.82) is 0 Å². The molecular weight excluding hydrogens is 218 g/mol. The number of rotatable bonds is 5. The minimum atomic E-state index is 0.379. The van der Waals surface area contributed by atoms with Gasteiger partial charge in [0.2, 0.25) is 0 Å². The molecule has 1 heterocycles. The molecule has 0 bridgehead atoms. The van der Waals surface area contributed by atoms with E-state index in [-0.39, 0.29) is 0 Å². The molecule has 0 atom stereocenters. The van der Waals surface area contributed by atoms with Crippen molar-refractivity contribution in [3.63, 3.8) is 0 Å². The van der Waals surface area contributed by atoms with Crippen molar-refractivity contribution in [3.05, 3.63) is 36.0 Å². The Morgan fingerprint density at radius 1 is 1.62 bits per heavy atom. The van der Waals surface area contributed by atoms with E-state index in [1.807, 2.05) is 12.3 Å². The molecule has 3 nitrogen and oxygen atoms in total. The summed E-state index contributed by atoms with van der Waals surface area (Å²) in [5.41, 5.74) is 2.35. The molecule has 0 saturated heterocycles. The number of thiazole rings is 1. The largest absolute Gasteiger partial charge is 0.359 e. The molecule has 0 unspecified atom stereocenters. The van der Waals surface area contributed by atoms with Crippen molar-refractivity contribution in [2.75, 3.05) is 5.32 Å². The summed E-state index contributed by atoms with van der Waals surface area (Å²) in [7, 11) is 0. The van der Waals surface area contributed by atoms with Crippen molar-refractivity contribution < 1.29 is 0 Å². The first kappa shape index (κ1) is 12.6. The van der Waals surface area contributed by atoms with Crippen LogP contribution in [0.5, 0.6) is 0 Å². The van der Waals surface area contributed by atoms with Crippen LogP contribution in [0.15, 0.2) is 35.3 Å². The van der Waals surface area contributed by atoms with E-state index < -0.39 is 0 Å². The second-order valence-electron chi connectivity index (χ2n) is 3.77. The number of hydrogen-bond donors (Lipinski definition) is 1. The molecule has 0 amide bonds. The van der Waals surface area contributed by atoms with Crippen LogP contribution in [-0.2, 0) is 0 Å². The van der Waals surface area contributed by atoms with Crippen molar-refractivity contribution in [3.8, 4) is 0 Å². The van der Waals surface area contributed by atoms with Gasteiger partial charge in [0.15, 0.2) is 5.13 Å². The predicted octanol–water partition coefficient (Wildman–Crippen LogP) is 3.47. The van der Waals surface area contributed by atoms with Gasteiger partial charge >= 0.3 is 0 Å². The topological polar surface area (TPSA) is 37.3 Å². The Kier molecular flexibility index (Phi) is 4.43. The Morgan fingerprint density at radius 3 is 2.81 bits per heavy atom. The molecule has 16 heavy (non-hydrogen) atoms. The highest BCUT2D eigenvalue weighted by Gasteiger charge is 2.06. The van der Waals surface area contributed by atoms with E-state index in [0.29, 0.717) is 6.04 Å². The van der Waals surface area contributed by atoms with Crippen molar-refractivity contribution in [2.24, 2.45) is 4.99 Å². The van der Waals surface area contributed by atoms with E-state index in [0.717, 1.165) is 22.2 Å². The molecule has 0 spiro atoms. The number of nitrogens with one attached hydrogen (secondary N) is 1. The van der Waals surface area contributed by atoms with Crippen LogP contribution >= 0.6 is 11.3 Å². The molecule has 0 aromatic carbocycles. The third-order valence-corrected chi connectivity index (χ3v) is 2.46. The Hall–Kier alpha value is -1.42. The number of aliphatic imine (C=N–C) groups is 1. The number of hydrogen-bond acceptors (Lipinski definition) is 4. The molecule has 0 aliphatic rings. The van der Waals surface area contributed by atoms with Gasteiger partial charge in [-0.05, 0) is 26.8 Å². The fourth-order valence-electron chi connectivity index (χ4n) is 1.12. The first-order valence-corrected chi connectivity index (χ1v) is 6.00. The molecule has 86 valence electrons. The third-order valence-electron chi connectivity index (χ3n) is 1.68. The van der Waals surface area contributed by atoms with E-state index in [1.165, 1.54) is 0 Å². The minimum Gasteiger partial charge on any atom is -0.359 e. The second kappa shape index (κ2) is 5.61. The van der Waals surface area contributed by atoms with Gasteiger partial charge in [-0.1, -0.05) is 13.2 Å². The Balaban J connectivity index is 2.91. The van der Waals surface area contributed by atoms with E-state index in [2.05, 4.69) is 42.3 Å².